The van der Waals surface area contributed by atoms with Crippen LogP contribution in [0.5, 0.6) is 0 Å². The fourth-order valence-electron chi connectivity index (χ4n) is 1.88. The van der Waals surface area contributed by atoms with Crippen molar-refractivity contribution in [2.75, 3.05) is 6.61 Å². The summed E-state index contributed by atoms with van der Waals surface area (Å²) in [4.78, 5) is 24.9. The predicted molar refractivity (Wildman–Crippen MR) is 54.9 cm³/mol. The molecule has 0 saturated heterocycles. The molecule has 1 saturated carbocycles. The Bertz CT molecular complexity index is 474. The molecule has 0 aliphatic heterocycles. The van der Waals surface area contributed by atoms with Crippen molar-refractivity contribution in [3.05, 3.63) is 32.6 Å². The van der Waals surface area contributed by atoms with Gasteiger partial charge in [0, 0.05) is 24.4 Å². The van der Waals surface area contributed by atoms with Crippen molar-refractivity contribution in [2.24, 2.45) is 5.92 Å². The van der Waals surface area contributed by atoms with Gasteiger partial charge in [0.1, 0.15) is 0 Å². The molecule has 0 radical (unpaired) electrons. The minimum atomic E-state index is -0.351. The first-order valence-corrected chi connectivity index (χ1v) is 5.06. The van der Waals surface area contributed by atoms with Crippen LogP contribution in [0.1, 0.15) is 24.4 Å². The van der Waals surface area contributed by atoms with E-state index in [1.165, 1.54) is 0 Å². The molecule has 15 heavy (non-hydrogen) atoms. The third kappa shape index (κ3) is 1.87. The molecule has 2 rings (SSSR count). The van der Waals surface area contributed by atoms with E-state index in [0.29, 0.717) is 11.5 Å². The van der Waals surface area contributed by atoms with E-state index in [-0.39, 0.29) is 23.9 Å². The largest absolute Gasteiger partial charge is 0.396 e. The maximum absolute atomic E-state index is 11.5. The van der Waals surface area contributed by atoms with Crippen LogP contribution in [0, 0.1) is 12.8 Å². The molecule has 1 fully saturated rings. The lowest BCUT2D eigenvalue weighted by Crippen LogP contribution is -2.30. The smallest absolute Gasteiger partial charge is 0.328 e. The lowest BCUT2D eigenvalue weighted by atomic mass is 10.3. The van der Waals surface area contributed by atoms with Crippen LogP contribution < -0.4 is 11.2 Å². The highest BCUT2D eigenvalue weighted by atomic mass is 16.3. The number of hydrogen-bond donors (Lipinski definition) is 2. The van der Waals surface area contributed by atoms with Gasteiger partial charge in [-0.1, -0.05) is 0 Å². The monoisotopic (exact) mass is 210 g/mol. The number of H-pyrrole nitrogens is 1. The number of nitrogens with zero attached hydrogens (tertiary/aromatic N) is 1. The fourth-order valence-corrected chi connectivity index (χ4v) is 1.88. The average molecular weight is 210 g/mol. The van der Waals surface area contributed by atoms with Gasteiger partial charge >= 0.3 is 5.69 Å². The Balaban J connectivity index is 2.28. The standard InChI is InChI=1S/C10H14N2O3/c1-6-5-12(10(15)11-9(6)14)8-4-7(8)2-3-13/h5,7-8,13H,2-4H2,1H3,(H,11,14,15)/t7-,8-/m1/s1. The normalized spacial score (nSPS) is 24.1. The van der Waals surface area contributed by atoms with Gasteiger partial charge < -0.3 is 5.11 Å². The van der Waals surface area contributed by atoms with Crippen molar-refractivity contribution < 1.29 is 5.11 Å². The third-order valence-electron chi connectivity index (χ3n) is 2.89. The van der Waals surface area contributed by atoms with Crippen LogP contribution >= 0.6 is 0 Å². The summed E-state index contributed by atoms with van der Waals surface area (Å²) in [6.45, 7) is 1.83. The van der Waals surface area contributed by atoms with Gasteiger partial charge in [0.15, 0.2) is 0 Å². The summed E-state index contributed by atoms with van der Waals surface area (Å²) in [5, 5.41) is 8.76. The molecule has 0 amide bonds. The molecule has 1 aliphatic rings. The minimum Gasteiger partial charge on any atom is -0.396 e. The Labute approximate surface area is 86.4 Å². The van der Waals surface area contributed by atoms with Gasteiger partial charge in [-0.3, -0.25) is 14.3 Å². The maximum Gasteiger partial charge on any atom is 0.328 e. The molecule has 1 aliphatic carbocycles. The summed E-state index contributed by atoms with van der Waals surface area (Å²) in [5.74, 6) is 0.373. The summed E-state index contributed by atoms with van der Waals surface area (Å²) in [7, 11) is 0. The van der Waals surface area contributed by atoms with Crippen LogP contribution in [0.3, 0.4) is 0 Å². The minimum absolute atomic E-state index is 0.151. The topological polar surface area (TPSA) is 75.1 Å². The number of aliphatic hydroxyl groups excluding tert-OH is 1. The molecule has 0 aromatic carbocycles. The Kier molecular flexibility index (Phi) is 2.48. The van der Waals surface area contributed by atoms with Gasteiger partial charge in [-0.05, 0) is 25.7 Å². The molecule has 5 heteroatoms. The highest BCUT2D eigenvalue weighted by Gasteiger charge is 2.38. The number of nitrogens with one attached hydrogen (secondary N) is 1. The average Bonchev–Trinajstić information content (AvgIpc) is 2.91. The Morgan fingerprint density at radius 2 is 2.33 bits per heavy atom. The van der Waals surface area contributed by atoms with Gasteiger partial charge in [0.2, 0.25) is 0 Å². The van der Waals surface area contributed by atoms with Gasteiger partial charge in [0.25, 0.3) is 5.56 Å². The van der Waals surface area contributed by atoms with Crippen molar-refractivity contribution in [1.82, 2.24) is 9.55 Å². The van der Waals surface area contributed by atoms with Crippen LogP contribution in [0.2, 0.25) is 0 Å². The zero-order valence-corrected chi connectivity index (χ0v) is 8.56. The van der Waals surface area contributed by atoms with E-state index in [0.717, 1.165) is 12.8 Å². The highest BCUT2D eigenvalue weighted by molar-refractivity contribution is 5.05. The van der Waals surface area contributed by atoms with Crippen LogP contribution in [-0.4, -0.2) is 21.3 Å². The summed E-state index contributed by atoms with van der Waals surface area (Å²) in [6, 6.07) is 0.153. The first-order chi connectivity index (χ1) is 7.13. The number of aliphatic hydroxyl groups is 1. The lowest BCUT2D eigenvalue weighted by Gasteiger charge is -2.04. The number of rotatable bonds is 3. The highest BCUT2D eigenvalue weighted by Crippen LogP contribution is 2.44. The molecular formula is C10H14N2O3. The van der Waals surface area contributed by atoms with Gasteiger partial charge in [-0.2, -0.15) is 0 Å². The van der Waals surface area contributed by atoms with E-state index < -0.39 is 0 Å². The number of aromatic nitrogens is 2. The predicted octanol–water partition coefficient (Wildman–Crippen LogP) is -0.212. The van der Waals surface area contributed by atoms with Gasteiger partial charge in [-0.25, -0.2) is 4.79 Å². The maximum atomic E-state index is 11.5. The van der Waals surface area contributed by atoms with Crippen molar-refractivity contribution in [3.63, 3.8) is 0 Å². The van der Waals surface area contributed by atoms with Crippen LogP contribution in [0.15, 0.2) is 15.8 Å². The zero-order valence-electron chi connectivity index (χ0n) is 8.56. The second-order valence-corrected chi connectivity index (χ2v) is 4.05. The lowest BCUT2D eigenvalue weighted by molar-refractivity contribution is 0.276. The number of aryl methyl sites for hydroxylation is 1. The van der Waals surface area contributed by atoms with Crippen molar-refractivity contribution in [3.8, 4) is 0 Å². The van der Waals surface area contributed by atoms with E-state index in [9.17, 15) is 9.59 Å². The van der Waals surface area contributed by atoms with Gasteiger partial charge in [-0.15, -0.1) is 0 Å². The van der Waals surface area contributed by atoms with Crippen molar-refractivity contribution in [1.29, 1.82) is 0 Å². The van der Waals surface area contributed by atoms with E-state index >= 15 is 0 Å². The summed E-state index contributed by atoms with van der Waals surface area (Å²) >= 11 is 0. The molecule has 82 valence electrons. The summed E-state index contributed by atoms with van der Waals surface area (Å²) in [6.07, 6.45) is 3.23. The van der Waals surface area contributed by atoms with E-state index in [2.05, 4.69) is 4.98 Å². The molecule has 2 N–H and O–H groups in total. The van der Waals surface area contributed by atoms with Crippen LogP contribution in [0.25, 0.3) is 0 Å². The third-order valence-corrected chi connectivity index (χ3v) is 2.89. The van der Waals surface area contributed by atoms with Crippen molar-refractivity contribution >= 4 is 0 Å². The molecule has 1 aromatic rings. The molecule has 5 nitrogen and oxygen atoms in total. The number of aromatic amines is 1. The molecule has 0 unspecified atom stereocenters. The summed E-state index contributed by atoms with van der Waals surface area (Å²) < 4.78 is 1.57. The fraction of sp³-hybridized carbons (Fsp3) is 0.600. The van der Waals surface area contributed by atoms with Crippen LogP contribution in [-0.2, 0) is 0 Å². The first-order valence-electron chi connectivity index (χ1n) is 5.06. The molecular weight excluding hydrogens is 196 g/mol. The SMILES string of the molecule is Cc1cn([C@@H]2C[C@H]2CCO)c(=O)[nH]c1=O. The Morgan fingerprint density at radius 3 is 3.00 bits per heavy atom. The molecule has 0 spiro atoms. The van der Waals surface area contributed by atoms with Gasteiger partial charge in [0.05, 0.1) is 0 Å². The molecule has 2 atom stereocenters. The van der Waals surface area contributed by atoms with Crippen molar-refractivity contribution in [2.45, 2.75) is 25.8 Å². The van der Waals surface area contributed by atoms with Crippen LogP contribution in [0.4, 0.5) is 0 Å². The number of hydrogen-bond acceptors (Lipinski definition) is 3. The molecule has 1 heterocycles. The Morgan fingerprint density at radius 1 is 1.60 bits per heavy atom. The molecule has 0 bridgehead atoms. The van der Waals surface area contributed by atoms with E-state index in [1.807, 2.05) is 0 Å². The molecule has 1 aromatic heterocycles. The van der Waals surface area contributed by atoms with E-state index in [4.69, 9.17) is 5.11 Å². The summed E-state index contributed by atoms with van der Waals surface area (Å²) in [5.41, 5.74) is -0.129. The quantitative estimate of drug-likeness (QED) is 0.724. The zero-order chi connectivity index (χ0) is 11.0. The Hall–Kier alpha value is -1.36. The first kappa shape index (κ1) is 10.2. The van der Waals surface area contributed by atoms with E-state index in [1.54, 1.807) is 17.7 Å². The second-order valence-electron chi connectivity index (χ2n) is 4.05. The second kappa shape index (κ2) is 3.66.